The van der Waals surface area contributed by atoms with Gasteiger partial charge in [0, 0.05) is 45.1 Å². The fraction of sp³-hybridized carbons (Fsp3) is 0.346. The lowest BCUT2D eigenvalue weighted by atomic mass is 10.0. The number of ether oxygens (including phenoxy) is 1. The molecule has 0 bridgehead atoms. The highest BCUT2D eigenvalue weighted by atomic mass is 16.5. The molecule has 172 valence electrons. The van der Waals surface area contributed by atoms with E-state index in [-0.39, 0.29) is 11.8 Å². The average Bonchev–Trinajstić information content (AvgIpc) is 3.19. The summed E-state index contributed by atoms with van der Waals surface area (Å²) in [4.78, 5) is 26.3. The van der Waals surface area contributed by atoms with Crippen LogP contribution in [0.1, 0.15) is 35.0 Å². The molecule has 1 amide bonds. The number of carbonyl (C=O) groups is 1. The smallest absolute Gasteiger partial charge is 0.223 e. The number of rotatable bonds is 9. The number of carbonyl (C=O) groups excluding carboxylic acids is 1. The summed E-state index contributed by atoms with van der Waals surface area (Å²) in [5.74, 6) is 2.61. The Labute approximate surface area is 195 Å². The summed E-state index contributed by atoms with van der Waals surface area (Å²) in [5, 5.41) is 3.15. The lowest BCUT2D eigenvalue weighted by Crippen LogP contribution is -2.24. The van der Waals surface area contributed by atoms with Crippen LogP contribution in [0.5, 0.6) is 5.75 Å². The van der Waals surface area contributed by atoms with E-state index < -0.39 is 0 Å². The Hall–Kier alpha value is -3.45. The van der Waals surface area contributed by atoms with Gasteiger partial charge in [-0.05, 0) is 30.3 Å². The molecule has 33 heavy (non-hydrogen) atoms. The number of anilines is 1. The van der Waals surface area contributed by atoms with E-state index >= 15 is 0 Å². The molecule has 0 unspecified atom stereocenters. The highest BCUT2D eigenvalue weighted by Crippen LogP contribution is 2.29. The number of hydrogen-bond acceptors (Lipinski definition) is 6. The third-order valence-electron chi connectivity index (χ3n) is 5.90. The fourth-order valence-corrected chi connectivity index (χ4v) is 4.23. The summed E-state index contributed by atoms with van der Waals surface area (Å²) in [6.45, 7) is 2.67. The summed E-state index contributed by atoms with van der Waals surface area (Å²) >= 11 is 0. The lowest BCUT2D eigenvalue weighted by Gasteiger charge is -2.19. The first-order valence-corrected chi connectivity index (χ1v) is 11.2. The zero-order valence-electron chi connectivity index (χ0n) is 19.5. The maximum atomic E-state index is 12.7. The minimum Gasteiger partial charge on any atom is -0.497 e. The molecule has 1 atom stereocenters. The number of nitrogens with one attached hydrogen (secondary N) is 1. The number of likely N-dealkylation sites (tertiary alicyclic amines) is 1. The Morgan fingerprint density at radius 3 is 2.61 bits per heavy atom. The van der Waals surface area contributed by atoms with Crippen molar-refractivity contribution in [1.82, 2.24) is 19.8 Å². The molecule has 2 heterocycles. The van der Waals surface area contributed by atoms with Crippen molar-refractivity contribution in [3.8, 4) is 5.75 Å². The minimum absolute atomic E-state index is 0.0683. The van der Waals surface area contributed by atoms with E-state index in [2.05, 4.69) is 40.4 Å². The number of hydrogen-bond donors (Lipinski definition) is 1. The zero-order chi connectivity index (χ0) is 23.2. The van der Waals surface area contributed by atoms with Crippen LogP contribution in [0, 0.1) is 0 Å². The normalized spacial score (nSPS) is 15.8. The zero-order valence-corrected chi connectivity index (χ0v) is 19.5. The maximum absolute atomic E-state index is 12.7. The number of aromatic nitrogens is 2. The third-order valence-corrected chi connectivity index (χ3v) is 5.90. The number of nitrogens with zero attached hydrogens (tertiary/aromatic N) is 4. The van der Waals surface area contributed by atoms with E-state index in [1.54, 1.807) is 7.11 Å². The van der Waals surface area contributed by atoms with Crippen LogP contribution in [0.15, 0.2) is 60.7 Å². The molecular weight excluding hydrogens is 414 g/mol. The number of benzene rings is 2. The second-order valence-electron chi connectivity index (χ2n) is 8.53. The van der Waals surface area contributed by atoms with Crippen molar-refractivity contribution in [3.05, 3.63) is 83.3 Å². The van der Waals surface area contributed by atoms with E-state index in [0.717, 1.165) is 35.2 Å². The number of amides is 1. The quantitative estimate of drug-likeness (QED) is 0.542. The van der Waals surface area contributed by atoms with Crippen LogP contribution in [0.2, 0.25) is 0 Å². The molecule has 1 fully saturated rings. The van der Waals surface area contributed by atoms with Gasteiger partial charge in [0.25, 0.3) is 0 Å². The van der Waals surface area contributed by atoms with Crippen molar-refractivity contribution in [2.24, 2.45) is 0 Å². The second kappa shape index (κ2) is 10.4. The van der Waals surface area contributed by atoms with Crippen LogP contribution >= 0.6 is 0 Å². The molecule has 1 aromatic heterocycles. The summed E-state index contributed by atoms with van der Waals surface area (Å²) in [5.41, 5.74) is 3.23. The second-order valence-corrected chi connectivity index (χ2v) is 8.53. The van der Waals surface area contributed by atoms with E-state index in [0.29, 0.717) is 26.1 Å². The first-order chi connectivity index (χ1) is 16.0. The van der Waals surface area contributed by atoms with Gasteiger partial charge in [0.05, 0.1) is 19.3 Å². The molecule has 0 radical (unpaired) electrons. The van der Waals surface area contributed by atoms with Crippen LogP contribution in [0.3, 0.4) is 0 Å². The Morgan fingerprint density at radius 2 is 1.85 bits per heavy atom. The van der Waals surface area contributed by atoms with Crippen LogP contribution < -0.4 is 10.1 Å². The molecule has 4 rings (SSSR count). The summed E-state index contributed by atoms with van der Waals surface area (Å²) in [6, 6.07) is 20.1. The van der Waals surface area contributed by atoms with E-state index in [1.165, 1.54) is 5.56 Å². The van der Waals surface area contributed by atoms with Gasteiger partial charge in [-0.15, -0.1) is 0 Å². The maximum Gasteiger partial charge on any atom is 0.223 e. The van der Waals surface area contributed by atoms with Gasteiger partial charge in [-0.1, -0.05) is 42.5 Å². The van der Waals surface area contributed by atoms with Crippen LogP contribution in [0.25, 0.3) is 0 Å². The van der Waals surface area contributed by atoms with Gasteiger partial charge in [-0.25, -0.2) is 9.97 Å². The summed E-state index contributed by atoms with van der Waals surface area (Å²) in [7, 11) is 5.59. The standard InChI is InChI=1S/C26H31N5O2/c1-27-24-14-23(21-13-26(32)31(17-21)16-19-8-5-4-6-9-19)28-25(29-24)18-30(2)15-20-10-7-11-22(12-20)33-3/h4-12,14,21H,13,15-18H2,1-3H3,(H,27,28,29)/t21-/m0/s1. The molecule has 2 aromatic carbocycles. The monoisotopic (exact) mass is 445 g/mol. The van der Waals surface area contributed by atoms with E-state index in [4.69, 9.17) is 9.72 Å². The van der Waals surface area contributed by atoms with E-state index in [9.17, 15) is 4.79 Å². The Bertz CT molecular complexity index is 1090. The highest BCUT2D eigenvalue weighted by Gasteiger charge is 2.32. The molecule has 0 aliphatic carbocycles. The molecular formula is C26H31N5O2. The van der Waals surface area contributed by atoms with Crippen molar-refractivity contribution in [3.63, 3.8) is 0 Å². The van der Waals surface area contributed by atoms with Gasteiger partial charge < -0.3 is 15.0 Å². The molecule has 0 spiro atoms. The van der Waals surface area contributed by atoms with Gasteiger partial charge >= 0.3 is 0 Å². The first kappa shape index (κ1) is 22.7. The highest BCUT2D eigenvalue weighted by molar-refractivity contribution is 5.79. The summed E-state index contributed by atoms with van der Waals surface area (Å²) < 4.78 is 5.33. The Balaban J connectivity index is 1.45. The van der Waals surface area contributed by atoms with Gasteiger partial charge in [0.2, 0.25) is 5.91 Å². The largest absolute Gasteiger partial charge is 0.497 e. The molecule has 0 saturated carbocycles. The van der Waals surface area contributed by atoms with Crippen molar-refractivity contribution in [1.29, 1.82) is 0 Å². The molecule has 1 N–H and O–H groups in total. The van der Waals surface area contributed by atoms with Crippen LogP contribution in [0.4, 0.5) is 5.82 Å². The molecule has 7 nitrogen and oxygen atoms in total. The van der Waals surface area contributed by atoms with Crippen molar-refractivity contribution in [2.75, 3.05) is 33.1 Å². The predicted octanol–water partition coefficient (Wildman–Crippen LogP) is 3.68. The van der Waals surface area contributed by atoms with Gasteiger partial charge in [-0.2, -0.15) is 0 Å². The summed E-state index contributed by atoms with van der Waals surface area (Å²) in [6.07, 6.45) is 0.478. The van der Waals surface area contributed by atoms with Crippen molar-refractivity contribution < 1.29 is 9.53 Å². The topological polar surface area (TPSA) is 70.6 Å². The lowest BCUT2D eigenvalue weighted by molar-refractivity contribution is -0.128. The average molecular weight is 446 g/mol. The molecule has 1 saturated heterocycles. The fourth-order valence-electron chi connectivity index (χ4n) is 4.23. The predicted molar refractivity (Wildman–Crippen MR) is 129 cm³/mol. The molecule has 1 aliphatic rings. The number of methoxy groups -OCH3 is 1. The van der Waals surface area contributed by atoms with Crippen LogP contribution in [-0.4, -0.2) is 53.4 Å². The molecule has 3 aromatic rings. The van der Waals surface area contributed by atoms with Crippen LogP contribution in [-0.2, 0) is 24.4 Å². The Morgan fingerprint density at radius 1 is 1.06 bits per heavy atom. The van der Waals surface area contributed by atoms with Gasteiger partial charge in [-0.3, -0.25) is 9.69 Å². The van der Waals surface area contributed by atoms with E-state index in [1.807, 2.05) is 54.4 Å². The van der Waals surface area contributed by atoms with Crippen molar-refractivity contribution >= 4 is 11.7 Å². The molecule has 7 heteroatoms. The molecule has 1 aliphatic heterocycles. The van der Waals surface area contributed by atoms with Gasteiger partial charge in [0.1, 0.15) is 17.4 Å². The Kier molecular flexibility index (Phi) is 7.19. The van der Waals surface area contributed by atoms with Gasteiger partial charge in [0.15, 0.2) is 0 Å². The SMILES string of the molecule is CNc1cc([C@H]2CC(=O)N(Cc3ccccc3)C2)nc(CN(C)Cc2cccc(OC)c2)n1. The third kappa shape index (κ3) is 5.87. The minimum atomic E-state index is 0.0683. The first-order valence-electron chi connectivity index (χ1n) is 11.2. The van der Waals surface area contributed by atoms with Crippen molar-refractivity contribution in [2.45, 2.75) is 32.0 Å².